The second kappa shape index (κ2) is 8.64. The van der Waals surface area contributed by atoms with E-state index in [0.29, 0.717) is 29.3 Å². The molecule has 0 aliphatic rings. The number of carbonyl (C=O) groups is 1. The highest BCUT2D eigenvalue weighted by atomic mass is 32.1. The zero-order chi connectivity index (χ0) is 20.3. The fourth-order valence-electron chi connectivity index (χ4n) is 3.15. The molecule has 5 N–H and O–H groups in total. The van der Waals surface area contributed by atoms with Crippen molar-refractivity contribution in [2.45, 2.75) is 27.3 Å². The van der Waals surface area contributed by atoms with Gasteiger partial charge in [0, 0.05) is 30.6 Å². The number of aromatic nitrogens is 2. The van der Waals surface area contributed by atoms with Crippen molar-refractivity contribution in [3.63, 3.8) is 0 Å². The Morgan fingerprint density at radius 3 is 2.71 bits per heavy atom. The first-order chi connectivity index (χ1) is 13.4. The maximum Gasteiger partial charge on any atom is 0.261 e. The Kier molecular flexibility index (Phi) is 6.23. The summed E-state index contributed by atoms with van der Waals surface area (Å²) < 4.78 is 0. The molecule has 3 rings (SSSR count). The maximum atomic E-state index is 12.3. The van der Waals surface area contributed by atoms with Crippen LogP contribution in [0.3, 0.4) is 0 Å². The number of aliphatic hydroxyl groups excluding tert-OH is 1. The van der Waals surface area contributed by atoms with E-state index in [2.05, 4.69) is 39.7 Å². The molecule has 8 heteroatoms. The summed E-state index contributed by atoms with van der Waals surface area (Å²) in [6, 6.07) is 6.05. The van der Waals surface area contributed by atoms with E-state index in [1.54, 1.807) is 0 Å². The van der Waals surface area contributed by atoms with Crippen LogP contribution < -0.4 is 16.4 Å². The van der Waals surface area contributed by atoms with Gasteiger partial charge in [0.25, 0.3) is 5.91 Å². The SMILES string of the molecule is CCNC(=O)c1cc2c(-c3cc(CNCCO)c(C)cc3C)nc(N)nc2s1. The number of nitrogen functional groups attached to an aromatic ring is 1. The number of nitrogens with one attached hydrogen (secondary N) is 2. The molecule has 1 amide bonds. The molecule has 0 saturated carbocycles. The largest absolute Gasteiger partial charge is 0.395 e. The lowest BCUT2D eigenvalue weighted by Gasteiger charge is -2.13. The molecule has 0 atom stereocenters. The van der Waals surface area contributed by atoms with Crippen molar-refractivity contribution >= 4 is 33.4 Å². The molecule has 0 aliphatic carbocycles. The molecule has 1 aromatic carbocycles. The summed E-state index contributed by atoms with van der Waals surface area (Å²) in [5.74, 6) is 0.0660. The lowest BCUT2D eigenvalue weighted by molar-refractivity contribution is 0.0960. The van der Waals surface area contributed by atoms with Crippen molar-refractivity contribution in [3.8, 4) is 11.3 Å². The van der Waals surface area contributed by atoms with Gasteiger partial charge in [-0.15, -0.1) is 11.3 Å². The van der Waals surface area contributed by atoms with Crippen LogP contribution in [0.4, 0.5) is 5.95 Å². The van der Waals surface area contributed by atoms with Crippen molar-refractivity contribution < 1.29 is 9.90 Å². The highest BCUT2D eigenvalue weighted by molar-refractivity contribution is 7.20. The van der Waals surface area contributed by atoms with Crippen LogP contribution in [0, 0.1) is 13.8 Å². The lowest BCUT2D eigenvalue weighted by Crippen LogP contribution is -2.21. The number of nitrogens with two attached hydrogens (primary N) is 1. The first-order valence-corrected chi connectivity index (χ1v) is 10.0. The Bertz CT molecular complexity index is 1020. The Hall–Kier alpha value is -2.55. The summed E-state index contributed by atoms with van der Waals surface area (Å²) in [7, 11) is 0. The summed E-state index contributed by atoms with van der Waals surface area (Å²) >= 11 is 1.32. The number of aryl methyl sites for hydroxylation is 2. The molecule has 0 bridgehead atoms. The Balaban J connectivity index is 2.12. The maximum absolute atomic E-state index is 12.3. The van der Waals surface area contributed by atoms with Crippen LogP contribution in [0.15, 0.2) is 18.2 Å². The van der Waals surface area contributed by atoms with Crippen LogP contribution in [0.25, 0.3) is 21.5 Å². The van der Waals surface area contributed by atoms with Gasteiger partial charge in [-0.25, -0.2) is 9.97 Å². The molecule has 0 spiro atoms. The second-order valence-corrected chi connectivity index (χ2v) is 7.64. The number of amides is 1. The number of rotatable bonds is 7. The Morgan fingerprint density at radius 1 is 1.21 bits per heavy atom. The Morgan fingerprint density at radius 2 is 2.00 bits per heavy atom. The normalized spacial score (nSPS) is 11.1. The molecular weight excluding hydrogens is 374 g/mol. The van der Waals surface area contributed by atoms with Crippen molar-refractivity contribution in [2.75, 3.05) is 25.4 Å². The molecule has 0 radical (unpaired) electrons. The molecule has 28 heavy (non-hydrogen) atoms. The van der Waals surface area contributed by atoms with Gasteiger partial charge in [-0.05, 0) is 49.6 Å². The standard InChI is InChI=1S/C20H25N5O2S/c1-4-23-18(27)16-9-15-17(24-20(21)25-19(15)28-16)14-8-13(10-22-5-6-26)11(2)7-12(14)3/h7-9,22,26H,4-6,10H2,1-3H3,(H,23,27)(H2,21,24,25). The third kappa shape index (κ3) is 4.14. The van der Waals surface area contributed by atoms with Crippen LogP contribution in [0.1, 0.15) is 33.3 Å². The summed E-state index contributed by atoms with van der Waals surface area (Å²) in [5.41, 5.74) is 11.0. The van der Waals surface area contributed by atoms with E-state index in [0.717, 1.165) is 27.8 Å². The number of aliphatic hydroxyl groups is 1. The van der Waals surface area contributed by atoms with Crippen LogP contribution in [-0.2, 0) is 6.54 Å². The molecule has 2 heterocycles. The fourth-order valence-corrected chi connectivity index (χ4v) is 4.10. The number of carbonyl (C=O) groups excluding carboxylic acids is 1. The van der Waals surface area contributed by atoms with E-state index in [4.69, 9.17) is 10.8 Å². The quantitative estimate of drug-likeness (QED) is 0.454. The fraction of sp³-hybridized carbons (Fsp3) is 0.350. The molecule has 0 fully saturated rings. The lowest BCUT2D eigenvalue weighted by atomic mass is 9.96. The van der Waals surface area contributed by atoms with Gasteiger partial charge in [0.15, 0.2) is 0 Å². The number of fused-ring (bicyclic) bond motifs is 1. The van der Waals surface area contributed by atoms with Gasteiger partial charge in [-0.1, -0.05) is 6.07 Å². The Labute approximate surface area is 168 Å². The molecule has 148 valence electrons. The van der Waals surface area contributed by atoms with Gasteiger partial charge in [-0.3, -0.25) is 4.79 Å². The molecule has 2 aromatic heterocycles. The monoisotopic (exact) mass is 399 g/mol. The van der Waals surface area contributed by atoms with E-state index in [9.17, 15) is 4.79 Å². The number of hydrogen-bond acceptors (Lipinski definition) is 7. The number of benzene rings is 1. The van der Waals surface area contributed by atoms with Crippen molar-refractivity contribution in [2.24, 2.45) is 0 Å². The average Bonchev–Trinajstić information content (AvgIpc) is 3.07. The van der Waals surface area contributed by atoms with Crippen LogP contribution in [-0.4, -0.2) is 40.7 Å². The minimum absolute atomic E-state index is 0.0956. The average molecular weight is 400 g/mol. The predicted molar refractivity (Wildman–Crippen MR) is 114 cm³/mol. The number of nitrogens with zero attached hydrogens (tertiary/aromatic N) is 2. The molecule has 7 nitrogen and oxygen atoms in total. The van der Waals surface area contributed by atoms with Crippen molar-refractivity contribution in [1.29, 1.82) is 0 Å². The molecule has 0 saturated heterocycles. The minimum Gasteiger partial charge on any atom is -0.395 e. The van der Waals surface area contributed by atoms with E-state index >= 15 is 0 Å². The van der Waals surface area contributed by atoms with Crippen LogP contribution in [0.2, 0.25) is 0 Å². The van der Waals surface area contributed by atoms with Gasteiger partial charge in [-0.2, -0.15) is 0 Å². The third-order valence-electron chi connectivity index (χ3n) is 4.51. The first-order valence-electron chi connectivity index (χ1n) is 9.22. The number of thiophene rings is 1. The van der Waals surface area contributed by atoms with Gasteiger partial charge >= 0.3 is 0 Å². The molecule has 0 unspecified atom stereocenters. The zero-order valence-electron chi connectivity index (χ0n) is 16.3. The van der Waals surface area contributed by atoms with E-state index in [1.807, 2.05) is 19.9 Å². The van der Waals surface area contributed by atoms with Crippen molar-refractivity contribution in [3.05, 3.63) is 39.8 Å². The zero-order valence-corrected chi connectivity index (χ0v) is 17.1. The summed E-state index contributed by atoms with van der Waals surface area (Å²) in [6.07, 6.45) is 0. The number of hydrogen-bond donors (Lipinski definition) is 4. The highest BCUT2D eigenvalue weighted by Crippen LogP contribution is 2.35. The summed E-state index contributed by atoms with van der Waals surface area (Å²) in [4.78, 5) is 22.4. The van der Waals surface area contributed by atoms with Gasteiger partial charge in [0.2, 0.25) is 5.95 Å². The summed E-state index contributed by atoms with van der Waals surface area (Å²) in [5, 5.41) is 15.9. The highest BCUT2D eigenvalue weighted by Gasteiger charge is 2.18. The molecular formula is C20H25N5O2S. The smallest absolute Gasteiger partial charge is 0.261 e. The van der Waals surface area contributed by atoms with Crippen LogP contribution in [0.5, 0.6) is 0 Å². The van der Waals surface area contributed by atoms with Gasteiger partial charge in [0.05, 0.1) is 17.2 Å². The van der Waals surface area contributed by atoms with E-state index in [1.165, 1.54) is 16.9 Å². The molecule has 3 aromatic rings. The molecule has 0 aliphatic heterocycles. The van der Waals surface area contributed by atoms with E-state index < -0.39 is 0 Å². The summed E-state index contributed by atoms with van der Waals surface area (Å²) in [6.45, 7) is 7.83. The number of anilines is 1. The minimum atomic E-state index is -0.121. The van der Waals surface area contributed by atoms with Crippen molar-refractivity contribution in [1.82, 2.24) is 20.6 Å². The topological polar surface area (TPSA) is 113 Å². The van der Waals surface area contributed by atoms with E-state index in [-0.39, 0.29) is 18.5 Å². The third-order valence-corrected chi connectivity index (χ3v) is 5.54. The van der Waals surface area contributed by atoms with Gasteiger partial charge in [0.1, 0.15) is 4.83 Å². The predicted octanol–water partition coefficient (Wildman–Crippen LogP) is 2.39. The van der Waals surface area contributed by atoms with Gasteiger partial charge < -0.3 is 21.5 Å². The second-order valence-electron chi connectivity index (χ2n) is 6.61. The first kappa shape index (κ1) is 20.2. The van der Waals surface area contributed by atoms with Crippen LogP contribution >= 0.6 is 11.3 Å².